The van der Waals surface area contributed by atoms with Gasteiger partial charge < -0.3 is 10.6 Å². The van der Waals surface area contributed by atoms with Crippen LogP contribution >= 0.6 is 23.2 Å². The zero-order valence-corrected chi connectivity index (χ0v) is 24.8. The molecule has 1 aliphatic heterocycles. The van der Waals surface area contributed by atoms with Gasteiger partial charge in [-0.15, -0.1) is 6.58 Å². The van der Waals surface area contributed by atoms with E-state index < -0.39 is 32.7 Å². The summed E-state index contributed by atoms with van der Waals surface area (Å²) in [4.78, 5) is 16.0. The summed E-state index contributed by atoms with van der Waals surface area (Å²) >= 11 is 12.5. The van der Waals surface area contributed by atoms with Gasteiger partial charge in [0, 0.05) is 22.0 Å². The molecule has 1 heterocycles. The first-order valence-corrected chi connectivity index (χ1v) is 15.0. The van der Waals surface area contributed by atoms with E-state index in [1.54, 1.807) is 50.0 Å². The summed E-state index contributed by atoms with van der Waals surface area (Å²) in [5, 5.41) is 0.558. The Bertz CT molecular complexity index is 1150. The molecule has 5 nitrogen and oxygen atoms in total. The number of carbonyl (C=O) groups is 1. The van der Waals surface area contributed by atoms with Crippen LogP contribution in [0.4, 0.5) is 0 Å². The van der Waals surface area contributed by atoms with Gasteiger partial charge in [-0.2, -0.15) is 0 Å². The number of amides is 1. The van der Waals surface area contributed by atoms with Gasteiger partial charge in [0.1, 0.15) is 0 Å². The maximum atomic E-state index is 14.3. The van der Waals surface area contributed by atoms with Crippen molar-refractivity contribution in [1.82, 2.24) is 4.90 Å². The van der Waals surface area contributed by atoms with Gasteiger partial charge in [-0.3, -0.25) is 4.79 Å². The number of halogens is 2. The third-order valence-electron chi connectivity index (χ3n) is 7.00. The highest BCUT2D eigenvalue weighted by Gasteiger charge is 2.52. The van der Waals surface area contributed by atoms with Crippen molar-refractivity contribution in [2.24, 2.45) is 17.6 Å². The highest BCUT2D eigenvalue weighted by Crippen LogP contribution is 2.47. The van der Waals surface area contributed by atoms with Gasteiger partial charge in [0.2, 0.25) is 5.91 Å². The van der Waals surface area contributed by atoms with Crippen molar-refractivity contribution in [2.75, 3.05) is 5.75 Å². The van der Waals surface area contributed by atoms with Crippen LogP contribution in [0.25, 0.3) is 0 Å². The number of likely N-dealkylation sites (tertiary alicyclic amines) is 1. The van der Waals surface area contributed by atoms with Gasteiger partial charge in [-0.1, -0.05) is 74.0 Å². The molecule has 37 heavy (non-hydrogen) atoms. The summed E-state index contributed by atoms with van der Waals surface area (Å²) in [7, 11) is -3.48. The van der Waals surface area contributed by atoms with Gasteiger partial charge in [0.05, 0.1) is 22.6 Å². The minimum absolute atomic E-state index is 0.156. The van der Waals surface area contributed by atoms with Crippen molar-refractivity contribution in [3.8, 4) is 0 Å². The Kier molecular flexibility index (Phi) is 10.8. The molecule has 0 spiro atoms. The number of allylic oxidation sites excluding steroid dienone is 4. The molecule has 0 aliphatic carbocycles. The number of rotatable bonds is 11. The second-order valence-electron chi connectivity index (χ2n) is 10.5. The number of carbonyl (C=O) groups excluding carboxylic acids is 1. The first kappa shape index (κ1) is 31.4. The Labute approximate surface area is 233 Å². The van der Waals surface area contributed by atoms with Crippen molar-refractivity contribution in [1.29, 1.82) is 0 Å². The van der Waals surface area contributed by atoms with Crippen molar-refractivity contribution < 1.29 is 13.2 Å². The average molecular weight is 568 g/mol. The van der Waals surface area contributed by atoms with Crippen molar-refractivity contribution in [3.63, 3.8) is 0 Å². The van der Waals surface area contributed by atoms with Crippen LogP contribution in [0.5, 0.6) is 0 Å². The summed E-state index contributed by atoms with van der Waals surface area (Å²) in [5.41, 5.74) is 7.27. The Hall–Kier alpha value is -1.86. The Morgan fingerprint density at radius 1 is 1.22 bits per heavy atom. The number of nitrogens with two attached hydrogens (primary N) is 1. The van der Waals surface area contributed by atoms with E-state index in [1.165, 1.54) is 0 Å². The molecular weight excluding hydrogens is 527 g/mol. The van der Waals surface area contributed by atoms with Gasteiger partial charge in [-0.25, -0.2) is 8.42 Å². The third kappa shape index (κ3) is 7.38. The topological polar surface area (TPSA) is 80.5 Å². The van der Waals surface area contributed by atoms with Crippen LogP contribution in [-0.4, -0.2) is 41.8 Å². The molecule has 0 bridgehead atoms. The van der Waals surface area contributed by atoms with Crippen molar-refractivity contribution in [2.45, 2.75) is 70.3 Å². The van der Waals surface area contributed by atoms with Crippen LogP contribution in [0.15, 0.2) is 72.3 Å². The molecule has 1 fully saturated rings. The lowest BCUT2D eigenvalue weighted by Gasteiger charge is -2.53. The molecule has 1 aromatic carbocycles. The van der Waals surface area contributed by atoms with E-state index in [9.17, 15) is 13.2 Å². The molecule has 1 unspecified atom stereocenters. The van der Waals surface area contributed by atoms with E-state index in [0.29, 0.717) is 16.5 Å². The van der Waals surface area contributed by atoms with Crippen LogP contribution in [0, 0.1) is 11.8 Å². The first-order valence-electron chi connectivity index (χ1n) is 12.5. The summed E-state index contributed by atoms with van der Waals surface area (Å²) in [6.07, 6.45) is 7.62. The summed E-state index contributed by atoms with van der Waals surface area (Å²) in [6.45, 7) is 16.7. The van der Waals surface area contributed by atoms with E-state index in [-0.39, 0.29) is 29.9 Å². The standard InChI is InChI=1S/C29H40Cl2N2O3S/c1-8-10-23(16-21(7)30)25-17-29(32,15-9-2)28(34)33(27(25)22-11-13-24(31)14-12-22)26(19(3)4)18-37(35,36)20(5)6/h8-14,16,19-20,25-27H,1-2,15,17-18,32H2,3-7H3/b21-16+,23-10+/t25-,26-,27?,29-/m1/s1. The van der Waals surface area contributed by atoms with Gasteiger partial charge in [-0.05, 0) is 68.9 Å². The molecule has 0 saturated carbocycles. The van der Waals surface area contributed by atoms with E-state index in [2.05, 4.69) is 13.2 Å². The highest BCUT2D eigenvalue weighted by atomic mass is 35.5. The Morgan fingerprint density at radius 2 is 1.81 bits per heavy atom. The Balaban J connectivity index is 2.92. The monoisotopic (exact) mass is 566 g/mol. The molecule has 204 valence electrons. The quantitative estimate of drug-likeness (QED) is 0.241. The fourth-order valence-electron chi connectivity index (χ4n) is 4.98. The first-order chi connectivity index (χ1) is 17.2. The van der Waals surface area contributed by atoms with Crippen molar-refractivity contribution in [3.05, 3.63) is 82.9 Å². The van der Waals surface area contributed by atoms with Crippen LogP contribution in [-0.2, 0) is 14.6 Å². The molecule has 2 rings (SSSR count). The van der Waals surface area contributed by atoms with Crippen LogP contribution < -0.4 is 5.73 Å². The molecule has 8 heteroatoms. The second-order valence-corrected chi connectivity index (χ2v) is 14.1. The minimum Gasteiger partial charge on any atom is -0.329 e. The molecule has 0 radical (unpaired) electrons. The number of benzene rings is 1. The van der Waals surface area contributed by atoms with Crippen LogP contribution in [0.3, 0.4) is 0 Å². The summed E-state index contributed by atoms with van der Waals surface area (Å²) in [5.74, 6) is -0.902. The van der Waals surface area contributed by atoms with Crippen LogP contribution in [0.2, 0.25) is 5.02 Å². The molecule has 1 saturated heterocycles. The SMILES string of the molecule is C=C/C=C(\C=C(/C)Cl)[C@H]1C[C@](N)(CC=C)C(=O)N([C@H](CS(=O)(=O)C(C)C)C(C)C)C1c1ccc(Cl)cc1. The number of hydrogen-bond donors (Lipinski definition) is 1. The molecule has 4 atom stereocenters. The number of sulfone groups is 1. The fourth-order valence-corrected chi connectivity index (χ4v) is 6.63. The zero-order valence-electron chi connectivity index (χ0n) is 22.5. The maximum Gasteiger partial charge on any atom is 0.243 e. The van der Waals surface area contributed by atoms with E-state index in [4.69, 9.17) is 28.9 Å². The molecule has 1 aliphatic rings. The normalized spacial score (nSPS) is 24.5. The number of piperidine rings is 1. The maximum absolute atomic E-state index is 14.3. The predicted octanol–water partition coefficient (Wildman–Crippen LogP) is 6.61. The molecule has 2 N–H and O–H groups in total. The predicted molar refractivity (Wildman–Crippen MR) is 156 cm³/mol. The second kappa shape index (κ2) is 12.8. The van der Waals surface area contributed by atoms with Gasteiger partial charge in [0.15, 0.2) is 9.84 Å². The van der Waals surface area contributed by atoms with Crippen molar-refractivity contribution >= 4 is 38.9 Å². The molecule has 1 aromatic rings. The lowest BCUT2D eigenvalue weighted by atomic mass is 9.70. The summed E-state index contributed by atoms with van der Waals surface area (Å²) < 4.78 is 26.4. The largest absolute Gasteiger partial charge is 0.329 e. The van der Waals surface area contributed by atoms with Gasteiger partial charge in [0.25, 0.3) is 0 Å². The third-order valence-corrected chi connectivity index (χ3v) is 9.60. The number of nitrogens with zero attached hydrogens (tertiary/aromatic N) is 1. The lowest BCUT2D eigenvalue weighted by Crippen LogP contribution is -2.66. The highest BCUT2D eigenvalue weighted by molar-refractivity contribution is 7.92. The van der Waals surface area contributed by atoms with E-state index >= 15 is 0 Å². The fraction of sp³-hybridized carbons (Fsp3) is 0.483. The smallest absolute Gasteiger partial charge is 0.243 e. The summed E-state index contributed by atoms with van der Waals surface area (Å²) in [6, 6.07) is 6.21. The van der Waals surface area contributed by atoms with E-state index in [0.717, 1.165) is 11.1 Å². The lowest BCUT2D eigenvalue weighted by molar-refractivity contribution is -0.150. The molecule has 0 aromatic heterocycles. The Morgan fingerprint density at radius 3 is 2.27 bits per heavy atom. The van der Waals surface area contributed by atoms with Gasteiger partial charge >= 0.3 is 0 Å². The molecule has 1 amide bonds. The molecular formula is C29H40Cl2N2O3S. The minimum atomic E-state index is -3.48. The average Bonchev–Trinajstić information content (AvgIpc) is 2.79. The van der Waals surface area contributed by atoms with E-state index in [1.807, 2.05) is 38.1 Å². The zero-order chi connectivity index (χ0) is 28.1. The van der Waals surface area contributed by atoms with Crippen LogP contribution in [0.1, 0.15) is 59.1 Å². The number of hydrogen-bond acceptors (Lipinski definition) is 4.